The first-order valence-corrected chi connectivity index (χ1v) is 13.6. The van der Waals surface area contributed by atoms with Crippen molar-refractivity contribution in [2.75, 3.05) is 12.0 Å². The third kappa shape index (κ3) is 5.60. The number of benzene rings is 2. The van der Waals surface area contributed by atoms with E-state index in [2.05, 4.69) is 15.5 Å². The molecule has 2 aromatic heterocycles. The first-order chi connectivity index (χ1) is 17.8. The number of carbonyl (C=O) groups is 1. The van der Waals surface area contributed by atoms with Crippen molar-refractivity contribution in [3.63, 3.8) is 0 Å². The van der Waals surface area contributed by atoms with Gasteiger partial charge >= 0.3 is 6.18 Å². The van der Waals surface area contributed by atoms with E-state index < -0.39 is 33.0 Å². The number of hydrogen-bond acceptors (Lipinski definition) is 8. The fourth-order valence-corrected chi connectivity index (χ4v) is 5.00. The first-order valence-electron chi connectivity index (χ1n) is 10.9. The Bertz CT molecular complexity index is 1700. The molecular weight excluding hydrogens is 543 g/mol. The molecule has 0 saturated carbocycles. The number of pyridine rings is 1. The Morgan fingerprint density at radius 3 is 2.37 bits per heavy atom. The smallest absolute Gasteiger partial charge is 0.374 e. The van der Waals surface area contributed by atoms with Gasteiger partial charge in [0, 0.05) is 29.7 Å². The zero-order valence-electron chi connectivity index (χ0n) is 19.9. The number of nitrogens with zero attached hydrogens (tertiary/aromatic N) is 3. The lowest BCUT2D eigenvalue weighted by molar-refractivity contribution is -0.137. The molecule has 0 radical (unpaired) electrons. The highest BCUT2D eigenvalue weighted by Gasteiger charge is 2.31. The van der Waals surface area contributed by atoms with Crippen LogP contribution in [0.2, 0.25) is 0 Å². The Labute approximate surface area is 218 Å². The van der Waals surface area contributed by atoms with Crippen LogP contribution in [0.15, 0.2) is 64.3 Å². The lowest BCUT2D eigenvalue weighted by atomic mass is 10.1. The van der Waals surface area contributed by atoms with Crippen LogP contribution in [-0.2, 0) is 22.6 Å². The maximum Gasteiger partial charge on any atom is 0.416 e. The zero-order chi connectivity index (χ0) is 27.8. The van der Waals surface area contributed by atoms with E-state index >= 15 is 0 Å². The third-order valence-corrected chi connectivity index (χ3v) is 7.51. The lowest BCUT2D eigenvalue weighted by Crippen LogP contribution is -2.33. The summed E-state index contributed by atoms with van der Waals surface area (Å²) < 4.78 is 64.4. The highest BCUT2D eigenvalue weighted by Crippen LogP contribution is 2.32. The van der Waals surface area contributed by atoms with Crippen molar-refractivity contribution < 1.29 is 26.4 Å². The van der Waals surface area contributed by atoms with Gasteiger partial charge in [-0.15, -0.1) is 10.2 Å². The second-order valence-electron chi connectivity index (χ2n) is 8.29. The maximum absolute atomic E-state index is 13.4. The summed E-state index contributed by atoms with van der Waals surface area (Å²) in [5, 5.41) is 10.7. The summed E-state index contributed by atoms with van der Waals surface area (Å²) in [6.45, 7) is 1.47. The normalized spacial score (nSPS) is 11.9. The minimum Gasteiger partial charge on any atom is -0.374 e. The number of sulfone groups is 1. The third-order valence-electron chi connectivity index (χ3n) is 5.60. The van der Waals surface area contributed by atoms with E-state index in [1.807, 2.05) is 0 Å². The van der Waals surface area contributed by atoms with E-state index in [1.54, 1.807) is 0 Å². The molecule has 0 fully saturated rings. The molecule has 2 heterocycles. The summed E-state index contributed by atoms with van der Waals surface area (Å²) in [4.78, 5) is 26.7. The van der Waals surface area contributed by atoms with Crippen LogP contribution in [0.5, 0.6) is 0 Å². The predicted molar refractivity (Wildman–Crippen MR) is 136 cm³/mol. The van der Waals surface area contributed by atoms with Crippen LogP contribution >= 0.6 is 11.3 Å². The monoisotopic (exact) mass is 563 g/mol. The average Bonchev–Trinajstić information content (AvgIpc) is 3.28. The molecule has 1 amide bonds. The Morgan fingerprint density at radius 1 is 1.11 bits per heavy atom. The van der Waals surface area contributed by atoms with Gasteiger partial charge in [0.25, 0.3) is 11.5 Å². The standard InChI is InChI=1S/C24H20F3N5O4S2/c1-13-18(21-30-31-23(28)37-21)11-19(20(33)29-12-14-6-8-17(9-7-14)38(2,35)36)22(34)32(13)16-5-3-4-15(10-16)24(25,26)27/h3-11H,12H2,1-2H3,(H2,28,31)(H,29,33). The van der Waals surface area contributed by atoms with Gasteiger partial charge in [0.15, 0.2) is 14.8 Å². The lowest BCUT2D eigenvalue weighted by Gasteiger charge is -2.17. The summed E-state index contributed by atoms with van der Waals surface area (Å²) in [7, 11) is -3.40. The van der Waals surface area contributed by atoms with Crippen molar-refractivity contribution in [1.29, 1.82) is 0 Å². The van der Waals surface area contributed by atoms with Crippen LogP contribution < -0.4 is 16.6 Å². The number of carbonyl (C=O) groups excluding carboxylic acids is 1. The molecule has 4 rings (SSSR count). The number of anilines is 1. The van der Waals surface area contributed by atoms with Crippen molar-refractivity contribution in [2.24, 2.45) is 0 Å². The fraction of sp³-hybridized carbons (Fsp3) is 0.167. The number of aromatic nitrogens is 3. The molecule has 0 saturated heterocycles. The van der Waals surface area contributed by atoms with Crippen LogP contribution in [0.4, 0.5) is 18.3 Å². The van der Waals surface area contributed by atoms with Crippen molar-refractivity contribution in [2.45, 2.75) is 24.5 Å². The summed E-state index contributed by atoms with van der Waals surface area (Å²) in [6.07, 6.45) is -3.58. The van der Waals surface area contributed by atoms with Gasteiger partial charge in [0.2, 0.25) is 5.13 Å². The second kappa shape index (κ2) is 10.0. The van der Waals surface area contributed by atoms with Gasteiger partial charge in [-0.3, -0.25) is 14.2 Å². The predicted octanol–water partition coefficient (Wildman–Crippen LogP) is 3.60. The Kier molecular flexibility index (Phi) is 7.12. The van der Waals surface area contributed by atoms with Crippen LogP contribution in [0.25, 0.3) is 16.3 Å². The molecule has 0 atom stereocenters. The topological polar surface area (TPSA) is 137 Å². The molecule has 38 heavy (non-hydrogen) atoms. The number of nitrogens with one attached hydrogen (secondary N) is 1. The highest BCUT2D eigenvalue weighted by atomic mass is 32.2. The number of alkyl halides is 3. The number of nitrogen functional groups attached to an aromatic ring is 1. The van der Waals surface area contributed by atoms with Crippen LogP contribution in [0.1, 0.15) is 27.2 Å². The SMILES string of the molecule is Cc1c(-c2nnc(N)s2)cc(C(=O)NCc2ccc(S(C)(=O)=O)cc2)c(=O)n1-c1cccc(C(F)(F)F)c1. The highest BCUT2D eigenvalue weighted by molar-refractivity contribution is 7.90. The largest absolute Gasteiger partial charge is 0.416 e. The van der Waals surface area contributed by atoms with Crippen molar-refractivity contribution in [1.82, 2.24) is 20.1 Å². The fourth-order valence-electron chi connectivity index (χ4n) is 3.69. The number of nitrogens with two attached hydrogens (primary N) is 1. The number of rotatable bonds is 6. The molecule has 0 unspecified atom stereocenters. The average molecular weight is 564 g/mol. The van der Waals surface area contributed by atoms with Gasteiger partial charge in [0.05, 0.1) is 10.5 Å². The Morgan fingerprint density at radius 2 is 1.79 bits per heavy atom. The molecule has 3 N–H and O–H groups in total. The summed E-state index contributed by atoms with van der Waals surface area (Å²) in [5.74, 6) is -0.790. The molecule has 0 aliphatic heterocycles. The number of halogens is 3. The maximum atomic E-state index is 13.4. The molecule has 4 aromatic rings. The molecule has 2 aromatic carbocycles. The summed E-state index contributed by atoms with van der Waals surface area (Å²) >= 11 is 0.985. The van der Waals surface area contributed by atoms with E-state index in [0.717, 1.165) is 34.3 Å². The van der Waals surface area contributed by atoms with Gasteiger partial charge in [-0.2, -0.15) is 13.2 Å². The second-order valence-corrected chi connectivity index (χ2v) is 11.3. The van der Waals surface area contributed by atoms with E-state index in [0.29, 0.717) is 11.1 Å². The quantitative estimate of drug-likeness (QED) is 0.366. The van der Waals surface area contributed by atoms with Crippen molar-refractivity contribution in [3.05, 3.63) is 87.3 Å². The van der Waals surface area contributed by atoms with Gasteiger partial charge in [-0.25, -0.2) is 8.42 Å². The Hall–Kier alpha value is -4.04. The number of hydrogen-bond donors (Lipinski definition) is 2. The number of amides is 1. The zero-order valence-corrected chi connectivity index (χ0v) is 21.5. The molecule has 9 nitrogen and oxygen atoms in total. The van der Waals surface area contributed by atoms with Gasteiger partial charge in [0.1, 0.15) is 5.56 Å². The molecule has 14 heteroatoms. The Balaban J connectivity index is 1.77. The van der Waals surface area contributed by atoms with Crippen molar-refractivity contribution >= 4 is 32.2 Å². The minimum absolute atomic E-state index is 0.0408. The van der Waals surface area contributed by atoms with Crippen LogP contribution in [0.3, 0.4) is 0 Å². The molecule has 0 bridgehead atoms. The molecule has 0 spiro atoms. The van der Waals surface area contributed by atoms with Gasteiger partial charge in [-0.1, -0.05) is 29.5 Å². The molecule has 0 aliphatic carbocycles. The summed E-state index contributed by atoms with van der Waals surface area (Å²) in [5.41, 5.74) is 4.55. The van der Waals surface area contributed by atoms with E-state index in [9.17, 15) is 31.2 Å². The minimum atomic E-state index is -4.65. The first kappa shape index (κ1) is 27.0. The van der Waals surface area contributed by atoms with E-state index in [1.165, 1.54) is 49.4 Å². The van der Waals surface area contributed by atoms with Gasteiger partial charge in [-0.05, 0) is 48.9 Å². The van der Waals surface area contributed by atoms with Crippen LogP contribution in [-0.4, -0.2) is 35.3 Å². The molecule has 0 aliphatic rings. The van der Waals surface area contributed by atoms with E-state index in [4.69, 9.17) is 5.73 Å². The van der Waals surface area contributed by atoms with Crippen LogP contribution in [0, 0.1) is 6.92 Å². The van der Waals surface area contributed by atoms with Gasteiger partial charge < -0.3 is 11.1 Å². The molecule has 198 valence electrons. The van der Waals surface area contributed by atoms with Crippen molar-refractivity contribution in [3.8, 4) is 16.3 Å². The van der Waals surface area contributed by atoms with E-state index in [-0.39, 0.29) is 38.5 Å². The summed E-state index contributed by atoms with van der Waals surface area (Å²) in [6, 6.07) is 11.3. The molecular formula is C24H20F3N5O4S2.